The van der Waals surface area contributed by atoms with E-state index in [1.807, 2.05) is 19.1 Å². The minimum Gasteiger partial charge on any atom is -0.313 e. The van der Waals surface area contributed by atoms with Crippen molar-refractivity contribution >= 4 is 0 Å². The number of hydrogen-bond donors (Lipinski definition) is 1. The first kappa shape index (κ1) is 14.3. The molecule has 1 aliphatic rings. The third-order valence-electron chi connectivity index (χ3n) is 4.41. The minimum absolute atomic E-state index is 0.130. The van der Waals surface area contributed by atoms with Gasteiger partial charge in [0, 0.05) is 12.1 Å². The molecule has 0 aliphatic heterocycles. The molecular formula is C19H22FN. The van der Waals surface area contributed by atoms with Gasteiger partial charge in [-0.05, 0) is 54.1 Å². The van der Waals surface area contributed by atoms with Crippen LogP contribution in [0.5, 0.6) is 0 Å². The molecule has 1 aliphatic carbocycles. The standard InChI is InChI=1S/C19H22FN/c1-2-21-13-18-12-17(9-10-19(18)20)16-8-4-7-15(11-16)14-5-3-6-14/h4,7-12,14,21H,2-3,5-6,13H2,1H3. The average Bonchev–Trinajstić information content (AvgIpc) is 2.45. The fourth-order valence-corrected chi connectivity index (χ4v) is 2.86. The number of hydrogen-bond acceptors (Lipinski definition) is 1. The van der Waals surface area contributed by atoms with Gasteiger partial charge in [0.2, 0.25) is 0 Å². The SMILES string of the molecule is CCNCc1cc(-c2cccc(C3CCC3)c2)ccc1F. The van der Waals surface area contributed by atoms with Crippen molar-refractivity contribution < 1.29 is 4.39 Å². The van der Waals surface area contributed by atoms with Gasteiger partial charge in [-0.1, -0.05) is 43.7 Å². The highest BCUT2D eigenvalue weighted by molar-refractivity contribution is 5.65. The molecule has 3 rings (SSSR count). The van der Waals surface area contributed by atoms with Crippen molar-refractivity contribution in [1.29, 1.82) is 0 Å². The van der Waals surface area contributed by atoms with Crippen LogP contribution < -0.4 is 5.32 Å². The van der Waals surface area contributed by atoms with Gasteiger partial charge in [0.25, 0.3) is 0 Å². The van der Waals surface area contributed by atoms with Crippen molar-refractivity contribution in [3.63, 3.8) is 0 Å². The molecule has 0 bridgehead atoms. The summed E-state index contributed by atoms with van der Waals surface area (Å²) in [6.07, 6.45) is 3.95. The van der Waals surface area contributed by atoms with E-state index in [4.69, 9.17) is 0 Å². The molecule has 2 aromatic carbocycles. The van der Waals surface area contributed by atoms with Gasteiger partial charge in [0.05, 0.1) is 0 Å². The zero-order valence-electron chi connectivity index (χ0n) is 12.5. The highest BCUT2D eigenvalue weighted by atomic mass is 19.1. The Morgan fingerprint density at radius 1 is 1.10 bits per heavy atom. The Morgan fingerprint density at radius 3 is 2.62 bits per heavy atom. The van der Waals surface area contributed by atoms with Gasteiger partial charge < -0.3 is 5.32 Å². The smallest absolute Gasteiger partial charge is 0.127 e. The predicted molar refractivity (Wildman–Crippen MR) is 85.8 cm³/mol. The number of nitrogens with one attached hydrogen (secondary N) is 1. The lowest BCUT2D eigenvalue weighted by Crippen LogP contribution is -2.13. The summed E-state index contributed by atoms with van der Waals surface area (Å²) in [4.78, 5) is 0. The van der Waals surface area contributed by atoms with Gasteiger partial charge in [-0.3, -0.25) is 0 Å². The van der Waals surface area contributed by atoms with Crippen LogP contribution in [0, 0.1) is 5.82 Å². The first-order valence-corrected chi connectivity index (χ1v) is 7.87. The van der Waals surface area contributed by atoms with Crippen molar-refractivity contribution in [2.75, 3.05) is 6.54 Å². The van der Waals surface area contributed by atoms with Gasteiger partial charge in [0.1, 0.15) is 5.82 Å². The molecule has 0 unspecified atom stereocenters. The molecule has 1 saturated carbocycles. The van der Waals surface area contributed by atoms with Crippen LogP contribution in [-0.2, 0) is 6.54 Å². The molecule has 1 fully saturated rings. The molecule has 0 saturated heterocycles. The second-order valence-corrected chi connectivity index (χ2v) is 5.84. The molecule has 0 radical (unpaired) electrons. The second kappa shape index (κ2) is 6.40. The molecule has 110 valence electrons. The van der Waals surface area contributed by atoms with Gasteiger partial charge in [0.15, 0.2) is 0 Å². The summed E-state index contributed by atoms with van der Waals surface area (Å²) in [6, 6.07) is 14.2. The second-order valence-electron chi connectivity index (χ2n) is 5.84. The van der Waals surface area contributed by atoms with Crippen LogP contribution >= 0.6 is 0 Å². The van der Waals surface area contributed by atoms with E-state index in [-0.39, 0.29) is 5.82 Å². The quantitative estimate of drug-likeness (QED) is 0.825. The van der Waals surface area contributed by atoms with Crippen LogP contribution in [0.25, 0.3) is 11.1 Å². The van der Waals surface area contributed by atoms with Crippen molar-refractivity contribution in [3.8, 4) is 11.1 Å². The molecule has 21 heavy (non-hydrogen) atoms. The molecule has 0 aromatic heterocycles. The summed E-state index contributed by atoms with van der Waals surface area (Å²) < 4.78 is 13.8. The summed E-state index contributed by atoms with van der Waals surface area (Å²) >= 11 is 0. The fourth-order valence-electron chi connectivity index (χ4n) is 2.86. The van der Waals surface area contributed by atoms with E-state index in [1.54, 1.807) is 6.07 Å². The lowest BCUT2D eigenvalue weighted by molar-refractivity contribution is 0.420. The number of halogens is 1. The number of rotatable bonds is 5. The van der Waals surface area contributed by atoms with Gasteiger partial charge >= 0.3 is 0 Å². The predicted octanol–water partition coefficient (Wildman–Crippen LogP) is 4.87. The van der Waals surface area contributed by atoms with Crippen LogP contribution in [0.1, 0.15) is 43.2 Å². The molecule has 0 atom stereocenters. The van der Waals surface area contributed by atoms with Crippen LogP contribution in [0.3, 0.4) is 0 Å². The average molecular weight is 283 g/mol. The Hall–Kier alpha value is -1.67. The van der Waals surface area contributed by atoms with E-state index >= 15 is 0 Å². The van der Waals surface area contributed by atoms with Gasteiger partial charge in [-0.2, -0.15) is 0 Å². The number of benzene rings is 2. The largest absolute Gasteiger partial charge is 0.313 e. The summed E-state index contributed by atoms with van der Waals surface area (Å²) in [5.41, 5.74) is 4.46. The van der Waals surface area contributed by atoms with Crippen LogP contribution in [0.4, 0.5) is 4.39 Å². The Kier molecular flexibility index (Phi) is 4.35. The maximum absolute atomic E-state index is 13.8. The maximum Gasteiger partial charge on any atom is 0.127 e. The first-order chi connectivity index (χ1) is 10.3. The van der Waals surface area contributed by atoms with E-state index in [9.17, 15) is 4.39 Å². The van der Waals surface area contributed by atoms with E-state index in [0.717, 1.165) is 23.6 Å². The van der Waals surface area contributed by atoms with Gasteiger partial charge in [-0.15, -0.1) is 0 Å². The third kappa shape index (κ3) is 3.16. The van der Waals surface area contributed by atoms with Gasteiger partial charge in [-0.25, -0.2) is 4.39 Å². The molecule has 1 nitrogen and oxygen atoms in total. The molecular weight excluding hydrogens is 261 g/mol. The Labute approximate surface area is 126 Å². The Bertz CT molecular complexity index is 617. The topological polar surface area (TPSA) is 12.0 Å². The molecule has 0 spiro atoms. The van der Waals surface area contributed by atoms with Crippen molar-refractivity contribution in [2.45, 2.75) is 38.6 Å². The zero-order chi connectivity index (χ0) is 14.7. The summed E-state index contributed by atoms with van der Waals surface area (Å²) in [7, 11) is 0. The van der Waals surface area contributed by atoms with Crippen LogP contribution in [-0.4, -0.2) is 6.54 Å². The minimum atomic E-state index is -0.130. The van der Waals surface area contributed by atoms with E-state index < -0.39 is 0 Å². The molecule has 1 N–H and O–H groups in total. The molecule has 0 amide bonds. The third-order valence-corrected chi connectivity index (χ3v) is 4.41. The summed E-state index contributed by atoms with van der Waals surface area (Å²) in [6.45, 7) is 3.46. The molecule has 2 aromatic rings. The van der Waals surface area contributed by atoms with Crippen molar-refractivity contribution in [3.05, 3.63) is 59.4 Å². The fraction of sp³-hybridized carbons (Fsp3) is 0.368. The lowest BCUT2D eigenvalue weighted by atomic mass is 9.79. The summed E-state index contributed by atoms with van der Waals surface area (Å²) in [5.74, 6) is 0.599. The first-order valence-electron chi connectivity index (χ1n) is 7.87. The maximum atomic E-state index is 13.8. The Morgan fingerprint density at radius 2 is 1.90 bits per heavy atom. The highest BCUT2D eigenvalue weighted by Crippen LogP contribution is 2.37. The van der Waals surface area contributed by atoms with Crippen molar-refractivity contribution in [1.82, 2.24) is 5.32 Å². The zero-order valence-corrected chi connectivity index (χ0v) is 12.5. The van der Waals surface area contributed by atoms with E-state index in [0.29, 0.717) is 6.54 Å². The van der Waals surface area contributed by atoms with Crippen LogP contribution in [0.15, 0.2) is 42.5 Å². The summed E-state index contributed by atoms with van der Waals surface area (Å²) in [5, 5.41) is 3.19. The highest BCUT2D eigenvalue weighted by Gasteiger charge is 2.19. The molecule has 2 heteroatoms. The Balaban J connectivity index is 1.88. The van der Waals surface area contributed by atoms with Crippen LogP contribution in [0.2, 0.25) is 0 Å². The monoisotopic (exact) mass is 283 g/mol. The van der Waals surface area contributed by atoms with E-state index in [1.165, 1.54) is 30.4 Å². The lowest BCUT2D eigenvalue weighted by Gasteiger charge is -2.26. The normalized spacial score (nSPS) is 15.0. The molecule has 0 heterocycles. The van der Waals surface area contributed by atoms with E-state index in [2.05, 4.69) is 29.6 Å². The van der Waals surface area contributed by atoms with Crippen molar-refractivity contribution in [2.24, 2.45) is 0 Å².